The molecule has 2 aromatic rings. The number of allylic oxidation sites excluding steroid dienone is 1. The van der Waals surface area contributed by atoms with Crippen molar-refractivity contribution in [2.24, 2.45) is 0 Å². The molecule has 0 aliphatic carbocycles. The number of carbonyl (C=O) groups is 2. The fraction of sp³-hybridized carbons (Fsp3) is 0.261. The highest BCUT2D eigenvalue weighted by Crippen LogP contribution is 2.38. The van der Waals surface area contributed by atoms with Crippen molar-refractivity contribution in [1.29, 1.82) is 5.26 Å². The van der Waals surface area contributed by atoms with E-state index in [1.54, 1.807) is 18.2 Å². The van der Waals surface area contributed by atoms with E-state index in [4.69, 9.17) is 16.3 Å². The fourth-order valence-electron chi connectivity index (χ4n) is 3.50. The first-order valence-electron chi connectivity index (χ1n) is 9.59. The lowest BCUT2D eigenvalue weighted by Crippen LogP contribution is -2.31. The molecule has 8 heteroatoms. The number of nitrogens with one attached hydrogen (secondary N) is 2. The Bertz CT molecular complexity index is 1090. The number of anilines is 1. The lowest BCUT2D eigenvalue weighted by Gasteiger charge is -2.25. The first kappa shape index (κ1) is 22.7. The van der Waals surface area contributed by atoms with E-state index in [0.717, 1.165) is 34.1 Å². The molecule has 1 aliphatic rings. The summed E-state index contributed by atoms with van der Waals surface area (Å²) in [5.74, 6) is -0.293. The van der Waals surface area contributed by atoms with E-state index in [0.29, 0.717) is 21.4 Å². The molecular weight excluding hydrogens is 434 g/mol. The molecule has 1 atom stereocenters. The Hall–Kier alpha value is -2.95. The maximum absolute atomic E-state index is 12.4. The number of methoxy groups -OCH3 is 1. The number of carbonyl (C=O) groups excluding carboxylic acids is 2. The number of nitrogens with zero attached hydrogens (tertiary/aromatic N) is 1. The molecule has 0 saturated heterocycles. The number of ether oxygens (including phenoxy) is 1. The summed E-state index contributed by atoms with van der Waals surface area (Å²) in [5, 5.41) is 16.2. The van der Waals surface area contributed by atoms with Gasteiger partial charge in [-0.25, -0.2) is 0 Å². The second-order valence-electron chi connectivity index (χ2n) is 7.27. The standard InChI is InChI=1S/C23H22ClN3O3S/c1-13-6-14(2)8-16(7-13)26-22(29)12-31-23-18(11-25)17(10-21(28)27-23)15-4-5-20(30-3)19(24)9-15/h4-9,17H,10,12H2,1-3H3,(H,26,29)(H,27,28)/t17-/m0/s1. The molecule has 6 nitrogen and oxygen atoms in total. The highest BCUT2D eigenvalue weighted by atomic mass is 35.5. The fourth-order valence-corrected chi connectivity index (χ4v) is 4.64. The van der Waals surface area contributed by atoms with Gasteiger partial charge in [0.05, 0.1) is 34.6 Å². The summed E-state index contributed by atoms with van der Waals surface area (Å²) in [6, 6.07) is 13.2. The first-order valence-corrected chi connectivity index (χ1v) is 11.0. The summed E-state index contributed by atoms with van der Waals surface area (Å²) in [6.45, 7) is 3.93. The van der Waals surface area contributed by atoms with Crippen LogP contribution in [-0.4, -0.2) is 24.7 Å². The molecule has 2 N–H and O–H groups in total. The number of rotatable bonds is 6. The van der Waals surface area contributed by atoms with Crippen molar-refractivity contribution in [3.05, 3.63) is 68.7 Å². The molecule has 3 rings (SSSR count). The Morgan fingerprint density at radius 3 is 2.61 bits per heavy atom. The Morgan fingerprint density at radius 2 is 2.00 bits per heavy atom. The second kappa shape index (κ2) is 9.90. The van der Waals surface area contributed by atoms with E-state index in [1.165, 1.54) is 7.11 Å². The molecule has 2 aromatic carbocycles. The van der Waals surface area contributed by atoms with Crippen LogP contribution in [0.15, 0.2) is 47.0 Å². The maximum Gasteiger partial charge on any atom is 0.234 e. The highest BCUT2D eigenvalue weighted by molar-refractivity contribution is 8.03. The molecule has 2 amide bonds. The third-order valence-corrected chi connectivity index (χ3v) is 6.10. The molecule has 0 saturated carbocycles. The van der Waals surface area contributed by atoms with Gasteiger partial charge in [-0.15, -0.1) is 0 Å². The van der Waals surface area contributed by atoms with E-state index in [-0.39, 0.29) is 24.0 Å². The molecule has 1 heterocycles. The zero-order valence-corrected chi connectivity index (χ0v) is 19.0. The Kier molecular flexibility index (Phi) is 7.26. The van der Waals surface area contributed by atoms with Crippen molar-refractivity contribution in [2.45, 2.75) is 26.2 Å². The topological polar surface area (TPSA) is 91.2 Å². The minimum Gasteiger partial charge on any atom is -0.495 e. The second-order valence-corrected chi connectivity index (χ2v) is 8.66. The van der Waals surface area contributed by atoms with Gasteiger partial charge in [0.15, 0.2) is 0 Å². The molecule has 31 heavy (non-hydrogen) atoms. The number of halogens is 1. The van der Waals surface area contributed by atoms with Crippen LogP contribution in [0.25, 0.3) is 0 Å². The zero-order valence-electron chi connectivity index (χ0n) is 17.4. The normalized spacial score (nSPS) is 15.8. The van der Waals surface area contributed by atoms with Crippen molar-refractivity contribution in [3.8, 4) is 11.8 Å². The molecule has 1 aliphatic heterocycles. The molecule has 0 radical (unpaired) electrons. The molecule has 0 bridgehead atoms. The summed E-state index contributed by atoms with van der Waals surface area (Å²) in [5.41, 5.74) is 3.98. The van der Waals surface area contributed by atoms with Crippen molar-refractivity contribution in [3.63, 3.8) is 0 Å². The van der Waals surface area contributed by atoms with Crippen LogP contribution in [-0.2, 0) is 9.59 Å². The lowest BCUT2D eigenvalue weighted by atomic mass is 9.87. The predicted octanol–water partition coefficient (Wildman–Crippen LogP) is 4.68. The van der Waals surface area contributed by atoms with E-state index >= 15 is 0 Å². The number of amides is 2. The smallest absolute Gasteiger partial charge is 0.234 e. The number of benzene rings is 2. The van der Waals surface area contributed by atoms with Gasteiger partial charge in [-0.05, 0) is 54.8 Å². The largest absolute Gasteiger partial charge is 0.495 e. The number of hydrogen-bond acceptors (Lipinski definition) is 5. The van der Waals surface area contributed by atoms with Gasteiger partial charge in [-0.2, -0.15) is 5.26 Å². The molecule has 0 spiro atoms. The molecule has 0 aromatic heterocycles. The van der Waals surface area contributed by atoms with Crippen LogP contribution in [0.5, 0.6) is 5.75 Å². The SMILES string of the molecule is COc1ccc([C@@H]2CC(=O)NC(SCC(=O)Nc3cc(C)cc(C)c3)=C2C#N)cc1Cl. The number of nitriles is 1. The Balaban J connectivity index is 1.78. The van der Waals surface area contributed by atoms with E-state index in [2.05, 4.69) is 16.7 Å². The summed E-state index contributed by atoms with van der Waals surface area (Å²) in [4.78, 5) is 24.8. The number of aryl methyl sites for hydroxylation is 2. The van der Waals surface area contributed by atoms with Crippen LogP contribution in [0.1, 0.15) is 29.0 Å². The van der Waals surface area contributed by atoms with E-state index in [9.17, 15) is 14.9 Å². The van der Waals surface area contributed by atoms with E-state index in [1.807, 2.05) is 32.0 Å². The van der Waals surface area contributed by atoms with Crippen LogP contribution in [0.4, 0.5) is 5.69 Å². The minimum absolute atomic E-state index is 0.0594. The molecule has 0 unspecified atom stereocenters. The van der Waals surface area contributed by atoms with Gasteiger partial charge in [0.2, 0.25) is 11.8 Å². The van der Waals surface area contributed by atoms with Crippen molar-refractivity contribution in [1.82, 2.24) is 5.32 Å². The van der Waals surface area contributed by atoms with Crippen LogP contribution in [0.3, 0.4) is 0 Å². The van der Waals surface area contributed by atoms with Crippen LogP contribution in [0.2, 0.25) is 5.02 Å². The highest BCUT2D eigenvalue weighted by Gasteiger charge is 2.30. The van der Waals surface area contributed by atoms with Gasteiger partial charge in [0, 0.05) is 18.0 Å². The molecule has 0 fully saturated rings. The van der Waals surface area contributed by atoms with Crippen molar-refractivity contribution >= 4 is 40.9 Å². The Labute approximate surface area is 190 Å². The van der Waals surface area contributed by atoms with Gasteiger partial charge >= 0.3 is 0 Å². The summed E-state index contributed by atoms with van der Waals surface area (Å²) < 4.78 is 5.17. The van der Waals surface area contributed by atoms with Gasteiger partial charge in [0.25, 0.3) is 0 Å². The molecular formula is C23H22ClN3O3S. The van der Waals surface area contributed by atoms with E-state index < -0.39 is 5.92 Å². The van der Waals surface area contributed by atoms with Crippen LogP contribution < -0.4 is 15.4 Å². The Morgan fingerprint density at radius 1 is 1.29 bits per heavy atom. The van der Waals surface area contributed by atoms with Crippen LogP contribution in [0, 0.1) is 25.2 Å². The molecule has 160 valence electrons. The third kappa shape index (κ3) is 5.60. The summed E-state index contributed by atoms with van der Waals surface area (Å²) in [7, 11) is 1.52. The monoisotopic (exact) mass is 455 g/mol. The van der Waals surface area contributed by atoms with Crippen molar-refractivity contribution < 1.29 is 14.3 Å². The summed E-state index contributed by atoms with van der Waals surface area (Å²) in [6.07, 6.45) is 0.129. The number of hydrogen-bond donors (Lipinski definition) is 2. The first-order chi connectivity index (χ1) is 14.8. The zero-order chi connectivity index (χ0) is 22.5. The van der Waals surface area contributed by atoms with Crippen molar-refractivity contribution in [2.75, 3.05) is 18.2 Å². The lowest BCUT2D eigenvalue weighted by molar-refractivity contribution is -0.121. The van der Waals surface area contributed by atoms with Gasteiger partial charge < -0.3 is 15.4 Å². The van der Waals surface area contributed by atoms with Gasteiger partial charge in [0.1, 0.15) is 5.75 Å². The van der Waals surface area contributed by atoms with Crippen LogP contribution >= 0.6 is 23.4 Å². The number of thioether (sulfide) groups is 1. The van der Waals surface area contributed by atoms with Gasteiger partial charge in [-0.3, -0.25) is 9.59 Å². The summed E-state index contributed by atoms with van der Waals surface area (Å²) >= 11 is 7.37. The predicted molar refractivity (Wildman–Crippen MR) is 123 cm³/mol. The minimum atomic E-state index is -0.438. The maximum atomic E-state index is 12.4. The average molecular weight is 456 g/mol. The third-order valence-electron chi connectivity index (χ3n) is 4.79. The van der Waals surface area contributed by atoms with Gasteiger partial charge in [-0.1, -0.05) is 35.5 Å². The average Bonchev–Trinajstić information content (AvgIpc) is 2.71. The quantitative estimate of drug-likeness (QED) is 0.660.